The van der Waals surface area contributed by atoms with Crippen molar-refractivity contribution in [3.63, 3.8) is 0 Å². The molecule has 0 saturated carbocycles. The number of hydrogen-bond acceptors (Lipinski definition) is 3. The van der Waals surface area contributed by atoms with Crippen molar-refractivity contribution in [2.45, 2.75) is 32.4 Å². The number of aliphatic imine (C=N–C) groups is 1. The van der Waals surface area contributed by atoms with Crippen LogP contribution in [0.2, 0.25) is 0 Å². The number of hydrogen-bond donors (Lipinski definition) is 2. The minimum Gasteiger partial charge on any atom is -0.435 e. The van der Waals surface area contributed by atoms with Gasteiger partial charge in [-0.1, -0.05) is 12.1 Å². The molecule has 1 unspecified atom stereocenters. The number of ether oxygens (including phenoxy) is 1. The van der Waals surface area contributed by atoms with Crippen LogP contribution in [0.15, 0.2) is 29.3 Å². The molecule has 0 aromatic heterocycles. The Labute approximate surface area is 169 Å². The second-order valence-electron chi connectivity index (χ2n) is 6.05. The zero-order chi connectivity index (χ0) is 18.2. The number of alkyl halides is 2. The summed E-state index contributed by atoms with van der Waals surface area (Å²) < 4.78 is 29.0. The molecule has 1 aromatic rings. The standard InChI is InChI=1S/C17H24F2N4O2.HI/c1-21-17(23-7-3-5-13(11-23)9-15(20)24)22-10-12-4-2-6-14(8-12)25-16(18)19;/h2,4,6,8,13,16H,3,5,7,9-11H2,1H3,(H2,20,24)(H,21,22);1H. The summed E-state index contributed by atoms with van der Waals surface area (Å²) in [6, 6.07) is 6.55. The second-order valence-corrected chi connectivity index (χ2v) is 6.05. The summed E-state index contributed by atoms with van der Waals surface area (Å²) in [6.07, 6.45) is 2.32. The van der Waals surface area contributed by atoms with Crippen LogP contribution in [0.5, 0.6) is 5.75 Å². The van der Waals surface area contributed by atoms with E-state index in [4.69, 9.17) is 5.73 Å². The molecular formula is C17H25F2IN4O2. The number of rotatable bonds is 6. The Balaban J connectivity index is 0.00000338. The highest BCUT2D eigenvalue weighted by Crippen LogP contribution is 2.20. The molecule has 1 amide bonds. The number of nitrogens with two attached hydrogens (primary N) is 1. The molecule has 26 heavy (non-hydrogen) atoms. The van der Waals surface area contributed by atoms with Gasteiger partial charge in [0.05, 0.1) is 0 Å². The van der Waals surface area contributed by atoms with Crippen molar-refractivity contribution in [1.82, 2.24) is 10.2 Å². The fraction of sp³-hybridized carbons (Fsp3) is 0.529. The third-order valence-corrected chi connectivity index (χ3v) is 4.09. The van der Waals surface area contributed by atoms with Gasteiger partial charge >= 0.3 is 6.61 Å². The van der Waals surface area contributed by atoms with Crippen LogP contribution < -0.4 is 15.8 Å². The first kappa shape index (κ1) is 22.4. The SMILES string of the molecule is CN=C(NCc1cccc(OC(F)F)c1)N1CCCC(CC(N)=O)C1.I. The van der Waals surface area contributed by atoms with E-state index in [1.54, 1.807) is 19.2 Å². The molecular weight excluding hydrogens is 457 g/mol. The molecule has 0 bridgehead atoms. The van der Waals surface area contributed by atoms with Gasteiger partial charge in [-0.05, 0) is 36.5 Å². The lowest BCUT2D eigenvalue weighted by Gasteiger charge is -2.34. The monoisotopic (exact) mass is 482 g/mol. The number of nitrogens with one attached hydrogen (secondary N) is 1. The molecule has 3 N–H and O–H groups in total. The summed E-state index contributed by atoms with van der Waals surface area (Å²) in [7, 11) is 1.69. The molecule has 1 aromatic carbocycles. The van der Waals surface area contributed by atoms with Crippen molar-refractivity contribution in [3.8, 4) is 5.75 Å². The molecule has 1 fully saturated rings. The molecule has 0 spiro atoms. The van der Waals surface area contributed by atoms with Gasteiger partial charge in [-0.2, -0.15) is 8.78 Å². The lowest BCUT2D eigenvalue weighted by molar-refractivity contribution is -0.119. The van der Waals surface area contributed by atoms with Gasteiger partial charge in [0.1, 0.15) is 5.75 Å². The Morgan fingerprint density at radius 2 is 2.27 bits per heavy atom. The van der Waals surface area contributed by atoms with E-state index in [0.717, 1.165) is 31.5 Å². The van der Waals surface area contributed by atoms with Crippen LogP contribution in [-0.4, -0.2) is 43.5 Å². The molecule has 6 nitrogen and oxygen atoms in total. The molecule has 1 aliphatic rings. The lowest BCUT2D eigenvalue weighted by atomic mass is 9.95. The van der Waals surface area contributed by atoms with E-state index in [1.807, 2.05) is 6.07 Å². The molecule has 1 aliphatic heterocycles. The maximum atomic E-state index is 12.3. The van der Waals surface area contributed by atoms with Crippen LogP contribution in [0.3, 0.4) is 0 Å². The van der Waals surface area contributed by atoms with E-state index < -0.39 is 6.61 Å². The first-order chi connectivity index (χ1) is 12.0. The average molecular weight is 482 g/mol. The summed E-state index contributed by atoms with van der Waals surface area (Å²) in [5.74, 6) is 0.788. The van der Waals surface area contributed by atoms with Crippen molar-refractivity contribution >= 4 is 35.8 Å². The average Bonchev–Trinajstić information content (AvgIpc) is 2.55. The number of amides is 1. The Kier molecular flexibility index (Phi) is 9.60. The number of likely N-dealkylation sites (tertiary alicyclic amines) is 1. The number of carbonyl (C=O) groups is 1. The normalized spacial score (nSPS) is 17.6. The second kappa shape index (κ2) is 11.1. The smallest absolute Gasteiger partial charge is 0.387 e. The van der Waals surface area contributed by atoms with Crippen molar-refractivity contribution < 1.29 is 18.3 Å². The number of primary amides is 1. The van der Waals surface area contributed by atoms with Gasteiger partial charge in [0.15, 0.2) is 5.96 Å². The van der Waals surface area contributed by atoms with Gasteiger partial charge in [-0.3, -0.25) is 9.79 Å². The number of piperidine rings is 1. The molecule has 2 rings (SSSR count). The van der Waals surface area contributed by atoms with Crippen molar-refractivity contribution in [2.24, 2.45) is 16.6 Å². The quantitative estimate of drug-likeness (QED) is 0.371. The van der Waals surface area contributed by atoms with Gasteiger partial charge in [0.25, 0.3) is 0 Å². The maximum Gasteiger partial charge on any atom is 0.387 e. The minimum absolute atomic E-state index is 0. The third-order valence-electron chi connectivity index (χ3n) is 4.09. The molecule has 1 atom stereocenters. The van der Waals surface area contributed by atoms with Gasteiger partial charge in [-0.25, -0.2) is 0 Å². The Bertz CT molecular complexity index is 616. The maximum absolute atomic E-state index is 12.3. The highest BCUT2D eigenvalue weighted by molar-refractivity contribution is 14.0. The molecule has 146 valence electrons. The molecule has 0 aliphatic carbocycles. The molecule has 1 heterocycles. The molecule has 9 heteroatoms. The van der Waals surface area contributed by atoms with E-state index in [-0.39, 0.29) is 41.6 Å². The van der Waals surface area contributed by atoms with E-state index >= 15 is 0 Å². The highest BCUT2D eigenvalue weighted by Gasteiger charge is 2.23. The Morgan fingerprint density at radius 1 is 1.50 bits per heavy atom. The van der Waals surface area contributed by atoms with Gasteiger partial charge in [0, 0.05) is 33.1 Å². The van der Waals surface area contributed by atoms with Crippen LogP contribution in [0.25, 0.3) is 0 Å². The van der Waals surface area contributed by atoms with E-state index in [1.165, 1.54) is 6.07 Å². The summed E-state index contributed by atoms with van der Waals surface area (Å²) >= 11 is 0. The zero-order valence-electron chi connectivity index (χ0n) is 14.7. The van der Waals surface area contributed by atoms with Crippen LogP contribution in [-0.2, 0) is 11.3 Å². The molecule has 0 radical (unpaired) electrons. The van der Waals surface area contributed by atoms with E-state index in [9.17, 15) is 13.6 Å². The predicted octanol–water partition coefficient (Wildman–Crippen LogP) is 2.57. The van der Waals surface area contributed by atoms with Crippen LogP contribution in [0, 0.1) is 5.92 Å². The summed E-state index contributed by atoms with van der Waals surface area (Å²) in [5.41, 5.74) is 6.10. The number of benzene rings is 1. The van der Waals surface area contributed by atoms with E-state index in [2.05, 4.69) is 19.9 Å². The summed E-state index contributed by atoms with van der Waals surface area (Å²) in [6.45, 7) is -0.837. The van der Waals surface area contributed by atoms with Crippen molar-refractivity contribution in [3.05, 3.63) is 29.8 Å². The van der Waals surface area contributed by atoms with Crippen LogP contribution >= 0.6 is 24.0 Å². The van der Waals surface area contributed by atoms with Crippen LogP contribution in [0.1, 0.15) is 24.8 Å². The lowest BCUT2D eigenvalue weighted by Crippen LogP contribution is -2.46. The summed E-state index contributed by atoms with van der Waals surface area (Å²) in [5, 5.41) is 3.23. The Morgan fingerprint density at radius 3 is 2.92 bits per heavy atom. The van der Waals surface area contributed by atoms with Crippen molar-refractivity contribution in [1.29, 1.82) is 0 Å². The Hall–Kier alpha value is -1.65. The summed E-state index contributed by atoms with van der Waals surface area (Å²) in [4.78, 5) is 17.5. The van der Waals surface area contributed by atoms with Gasteiger partial charge in [-0.15, -0.1) is 24.0 Å². The van der Waals surface area contributed by atoms with E-state index in [0.29, 0.717) is 18.9 Å². The van der Waals surface area contributed by atoms with Crippen LogP contribution in [0.4, 0.5) is 8.78 Å². The molecule has 1 saturated heterocycles. The number of nitrogens with zero attached hydrogens (tertiary/aromatic N) is 2. The predicted molar refractivity (Wildman–Crippen MR) is 107 cm³/mol. The topological polar surface area (TPSA) is 80.0 Å². The number of halogens is 3. The fourth-order valence-electron chi connectivity index (χ4n) is 3.05. The highest BCUT2D eigenvalue weighted by atomic mass is 127. The number of carbonyl (C=O) groups excluding carboxylic acids is 1. The van der Waals surface area contributed by atoms with Gasteiger partial charge < -0.3 is 20.7 Å². The first-order valence-corrected chi connectivity index (χ1v) is 8.25. The largest absolute Gasteiger partial charge is 0.435 e. The minimum atomic E-state index is -2.84. The zero-order valence-corrected chi connectivity index (χ0v) is 17.0. The fourth-order valence-corrected chi connectivity index (χ4v) is 3.05. The van der Waals surface area contributed by atoms with Gasteiger partial charge in [0.2, 0.25) is 5.91 Å². The third kappa shape index (κ3) is 7.30. The first-order valence-electron chi connectivity index (χ1n) is 8.25. The van der Waals surface area contributed by atoms with Crippen molar-refractivity contribution in [2.75, 3.05) is 20.1 Å². The number of guanidine groups is 1.